The Balaban J connectivity index is 1.39. The van der Waals surface area contributed by atoms with Gasteiger partial charge in [0.15, 0.2) is 0 Å². The van der Waals surface area contributed by atoms with Crippen LogP contribution in [0, 0.1) is 5.92 Å². The van der Waals surface area contributed by atoms with Crippen LogP contribution >= 0.6 is 11.3 Å². The molecule has 30 heavy (non-hydrogen) atoms. The molecule has 2 aromatic heterocycles. The number of piperidine rings is 1. The number of nitrogens with zero attached hydrogens (tertiary/aromatic N) is 3. The Bertz CT molecular complexity index is 1020. The number of hydrogen-bond acceptors (Lipinski definition) is 5. The van der Waals surface area contributed by atoms with Gasteiger partial charge in [0, 0.05) is 18.7 Å². The maximum absolute atomic E-state index is 12.6. The number of aromatic nitrogens is 2. The van der Waals surface area contributed by atoms with E-state index in [2.05, 4.69) is 23.8 Å². The monoisotopic (exact) mass is 425 g/mol. The highest BCUT2D eigenvalue weighted by atomic mass is 32.1. The summed E-state index contributed by atoms with van der Waals surface area (Å²) < 4.78 is 8.51. The van der Waals surface area contributed by atoms with E-state index in [1.807, 2.05) is 35.7 Å². The summed E-state index contributed by atoms with van der Waals surface area (Å²) in [5.74, 6) is 1.76. The Hall–Kier alpha value is -2.18. The Kier molecular flexibility index (Phi) is 6.85. The Morgan fingerprint density at radius 2 is 1.90 bits per heavy atom. The fraction of sp³-hybridized carbons (Fsp3) is 0.500. The molecule has 0 unspecified atom stereocenters. The van der Waals surface area contributed by atoms with Gasteiger partial charge in [-0.25, -0.2) is 4.68 Å². The molecule has 0 saturated carbocycles. The first-order valence-corrected chi connectivity index (χ1v) is 12.0. The van der Waals surface area contributed by atoms with E-state index in [0.29, 0.717) is 6.54 Å². The second-order valence-electron chi connectivity index (χ2n) is 8.29. The smallest absolute Gasteiger partial charge is 0.275 e. The molecule has 0 bridgehead atoms. The molecule has 0 atom stereocenters. The molecule has 0 radical (unpaired) electrons. The lowest BCUT2D eigenvalue weighted by Gasteiger charge is -2.30. The molecule has 1 saturated heterocycles. The van der Waals surface area contributed by atoms with Crippen molar-refractivity contribution < 1.29 is 4.74 Å². The van der Waals surface area contributed by atoms with Crippen molar-refractivity contribution in [3.05, 3.63) is 46.1 Å². The highest BCUT2D eigenvalue weighted by Gasteiger charge is 2.15. The number of likely N-dealkylation sites (tertiary alicyclic amines) is 1. The van der Waals surface area contributed by atoms with E-state index in [-0.39, 0.29) is 5.56 Å². The summed E-state index contributed by atoms with van der Waals surface area (Å²) in [6.07, 6.45) is 4.57. The van der Waals surface area contributed by atoms with Gasteiger partial charge in [0.25, 0.3) is 5.56 Å². The van der Waals surface area contributed by atoms with Crippen molar-refractivity contribution in [3.8, 4) is 17.0 Å². The van der Waals surface area contributed by atoms with Crippen LogP contribution < -0.4 is 10.3 Å². The number of hydrogen-bond donors (Lipinski definition) is 0. The van der Waals surface area contributed by atoms with E-state index < -0.39 is 0 Å². The topological polar surface area (TPSA) is 47.4 Å². The molecule has 0 spiro atoms. The largest absolute Gasteiger partial charge is 0.494 e. The average molecular weight is 426 g/mol. The van der Waals surface area contributed by atoms with Crippen LogP contribution in [0.15, 0.2) is 40.5 Å². The quantitative estimate of drug-likeness (QED) is 0.475. The number of benzene rings is 1. The molecule has 5 nitrogen and oxygen atoms in total. The summed E-state index contributed by atoms with van der Waals surface area (Å²) in [5.41, 5.74) is 1.89. The molecular formula is C24H31N3O2S. The first-order chi connectivity index (χ1) is 14.7. The minimum absolute atomic E-state index is 0.0000311. The van der Waals surface area contributed by atoms with Crippen LogP contribution in [0.3, 0.4) is 0 Å². The SMILES string of the molecule is CCCn1nc(-c2ccc(OCCCN3CCC(C)CC3)cc2)c2sccc2c1=O. The Labute approximate surface area is 182 Å². The zero-order valence-electron chi connectivity index (χ0n) is 18.0. The minimum atomic E-state index is -0.0000311. The van der Waals surface area contributed by atoms with Gasteiger partial charge in [-0.3, -0.25) is 4.79 Å². The van der Waals surface area contributed by atoms with Gasteiger partial charge in [-0.15, -0.1) is 11.3 Å². The van der Waals surface area contributed by atoms with E-state index in [9.17, 15) is 4.79 Å². The lowest BCUT2D eigenvalue weighted by atomic mass is 9.99. The zero-order chi connectivity index (χ0) is 20.9. The zero-order valence-corrected chi connectivity index (χ0v) is 18.8. The van der Waals surface area contributed by atoms with Crippen LogP contribution in [0.4, 0.5) is 0 Å². The summed E-state index contributed by atoms with van der Waals surface area (Å²) >= 11 is 1.57. The fourth-order valence-corrected chi connectivity index (χ4v) is 4.93. The number of rotatable bonds is 8. The summed E-state index contributed by atoms with van der Waals surface area (Å²) in [5, 5.41) is 7.38. The van der Waals surface area contributed by atoms with Crippen molar-refractivity contribution >= 4 is 21.4 Å². The third-order valence-electron chi connectivity index (χ3n) is 5.89. The summed E-state index contributed by atoms with van der Waals surface area (Å²) in [6, 6.07) is 10.0. The first-order valence-electron chi connectivity index (χ1n) is 11.1. The third kappa shape index (κ3) is 4.76. The number of thiophene rings is 1. The van der Waals surface area contributed by atoms with Gasteiger partial charge in [0.05, 0.1) is 16.7 Å². The molecule has 3 heterocycles. The fourth-order valence-electron chi connectivity index (χ4n) is 4.04. The molecular weight excluding hydrogens is 394 g/mol. The van der Waals surface area contributed by atoms with Gasteiger partial charge in [-0.1, -0.05) is 13.8 Å². The van der Waals surface area contributed by atoms with Crippen LogP contribution in [-0.4, -0.2) is 40.9 Å². The maximum atomic E-state index is 12.6. The molecule has 160 valence electrons. The molecule has 3 aromatic rings. The molecule has 0 N–H and O–H groups in total. The van der Waals surface area contributed by atoms with E-state index in [4.69, 9.17) is 4.74 Å². The molecule has 1 aliphatic rings. The number of ether oxygens (including phenoxy) is 1. The van der Waals surface area contributed by atoms with Crippen LogP contribution in [0.2, 0.25) is 0 Å². The molecule has 0 amide bonds. The van der Waals surface area contributed by atoms with Gasteiger partial charge < -0.3 is 9.64 Å². The lowest BCUT2D eigenvalue weighted by molar-refractivity contribution is 0.177. The van der Waals surface area contributed by atoms with Gasteiger partial charge in [-0.2, -0.15) is 5.10 Å². The molecule has 6 heteroatoms. The lowest BCUT2D eigenvalue weighted by Crippen LogP contribution is -2.34. The minimum Gasteiger partial charge on any atom is -0.494 e. The Morgan fingerprint density at radius 1 is 1.13 bits per heavy atom. The van der Waals surface area contributed by atoms with Gasteiger partial charge in [0.1, 0.15) is 11.4 Å². The molecule has 1 aromatic carbocycles. The standard InChI is InChI=1S/C24H31N3O2S/c1-3-12-27-24(28)21-11-17-30-23(21)22(25-27)19-5-7-20(8-6-19)29-16-4-13-26-14-9-18(2)10-15-26/h5-8,11,17-18H,3-4,9-10,12-16H2,1-2H3. The predicted molar refractivity (Wildman–Crippen MR) is 125 cm³/mol. The summed E-state index contributed by atoms with van der Waals surface area (Å²) in [6.45, 7) is 9.34. The number of fused-ring (bicyclic) bond motifs is 1. The third-order valence-corrected chi connectivity index (χ3v) is 6.81. The van der Waals surface area contributed by atoms with E-state index in [1.165, 1.54) is 25.9 Å². The second kappa shape index (κ2) is 9.75. The van der Waals surface area contributed by atoms with Gasteiger partial charge >= 0.3 is 0 Å². The molecule has 0 aliphatic carbocycles. The van der Waals surface area contributed by atoms with Crippen molar-refractivity contribution in [1.82, 2.24) is 14.7 Å². The van der Waals surface area contributed by atoms with Crippen LogP contribution in [0.1, 0.15) is 39.5 Å². The van der Waals surface area contributed by atoms with Crippen molar-refractivity contribution in [2.45, 2.75) is 46.1 Å². The highest BCUT2D eigenvalue weighted by molar-refractivity contribution is 7.17. The van der Waals surface area contributed by atoms with Gasteiger partial charge in [0.2, 0.25) is 0 Å². The van der Waals surface area contributed by atoms with E-state index >= 15 is 0 Å². The molecule has 1 aliphatic heterocycles. The summed E-state index contributed by atoms with van der Waals surface area (Å²) in [7, 11) is 0. The molecule has 1 fully saturated rings. The Morgan fingerprint density at radius 3 is 2.63 bits per heavy atom. The van der Waals surface area contributed by atoms with Crippen molar-refractivity contribution in [3.63, 3.8) is 0 Å². The number of aryl methyl sites for hydroxylation is 1. The van der Waals surface area contributed by atoms with Gasteiger partial charge in [-0.05, 0) is 80.4 Å². The normalized spacial score (nSPS) is 15.7. The van der Waals surface area contributed by atoms with Crippen LogP contribution in [0.5, 0.6) is 5.75 Å². The summed E-state index contributed by atoms with van der Waals surface area (Å²) in [4.78, 5) is 15.1. The second-order valence-corrected chi connectivity index (χ2v) is 9.21. The maximum Gasteiger partial charge on any atom is 0.275 e. The first kappa shape index (κ1) is 21.1. The highest BCUT2D eigenvalue weighted by Crippen LogP contribution is 2.30. The van der Waals surface area contributed by atoms with Crippen molar-refractivity contribution in [2.24, 2.45) is 5.92 Å². The van der Waals surface area contributed by atoms with E-state index in [1.54, 1.807) is 16.0 Å². The van der Waals surface area contributed by atoms with Crippen LogP contribution in [-0.2, 0) is 6.54 Å². The average Bonchev–Trinajstić information content (AvgIpc) is 3.26. The molecule has 4 rings (SSSR count). The predicted octanol–water partition coefficient (Wildman–Crippen LogP) is 5.04. The van der Waals surface area contributed by atoms with Crippen molar-refractivity contribution in [1.29, 1.82) is 0 Å². The van der Waals surface area contributed by atoms with Crippen LogP contribution in [0.25, 0.3) is 21.3 Å². The van der Waals surface area contributed by atoms with E-state index in [0.717, 1.165) is 59.0 Å². The van der Waals surface area contributed by atoms with Crippen molar-refractivity contribution in [2.75, 3.05) is 26.2 Å².